The number of para-hydroxylation sites is 1. The van der Waals surface area contributed by atoms with E-state index in [4.69, 9.17) is 27.9 Å². The number of pyridine rings is 1. The van der Waals surface area contributed by atoms with Crippen LogP contribution >= 0.6 is 23.2 Å². The van der Waals surface area contributed by atoms with Crippen molar-refractivity contribution in [2.24, 2.45) is 0 Å². The van der Waals surface area contributed by atoms with Gasteiger partial charge in [-0.1, -0.05) is 47.5 Å². The molecule has 1 amide bonds. The fourth-order valence-electron chi connectivity index (χ4n) is 3.43. The fraction of sp³-hybridized carbons (Fsp3) is 0. The molecule has 0 saturated carbocycles. The lowest BCUT2D eigenvalue weighted by Crippen LogP contribution is -2.17. The summed E-state index contributed by atoms with van der Waals surface area (Å²) >= 11 is 12.6. The third-order valence-electron chi connectivity index (χ3n) is 4.87. The minimum absolute atomic E-state index is 0.393. The third-order valence-corrected chi connectivity index (χ3v) is 5.50. The van der Waals surface area contributed by atoms with Gasteiger partial charge < -0.3 is 9.72 Å². The predicted octanol–water partition coefficient (Wildman–Crippen LogP) is 7.30. The van der Waals surface area contributed by atoms with Crippen LogP contribution in [-0.2, 0) is 0 Å². The lowest BCUT2D eigenvalue weighted by atomic mass is 10.1. The number of carbonyl (C=O) groups excluding carboxylic acids is 1. The van der Waals surface area contributed by atoms with Gasteiger partial charge in [0.1, 0.15) is 11.6 Å². The van der Waals surface area contributed by atoms with E-state index in [1.807, 2.05) is 42.5 Å². The number of aromatic nitrogens is 2. The summed E-state index contributed by atoms with van der Waals surface area (Å²) in [5.74, 6) is 0.810. The van der Waals surface area contributed by atoms with Crippen LogP contribution in [0.3, 0.4) is 0 Å². The summed E-state index contributed by atoms with van der Waals surface area (Å²) in [5.41, 5.74) is 3.09. The standard InChI is InChI=1S/C24H15Cl2N3O2/c25-17-5-3-6-18(26)23(17)21-12-15-8-10-16(13-20(15)27-21)31-24(30)29-22-11-9-14-4-1-2-7-19(14)28-22/h1-13,27H,(H,28,29,30). The molecule has 7 heteroatoms. The van der Waals surface area contributed by atoms with Crippen LogP contribution in [0.1, 0.15) is 0 Å². The van der Waals surface area contributed by atoms with Crippen LogP contribution in [0.15, 0.2) is 78.9 Å². The van der Waals surface area contributed by atoms with E-state index in [1.165, 1.54) is 0 Å². The number of aromatic amines is 1. The van der Waals surface area contributed by atoms with Gasteiger partial charge in [0, 0.05) is 33.6 Å². The van der Waals surface area contributed by atoms with E-state index in [-0.39, 0.29) is 0 Å². The summed E-state index contributed by atoms with van der Waals surface area (Å²) in [7, 11) is 0. The number of amides is 1. The van der Waals surface area contributed by atoms with Gasteiger partial charge >= 0.3 is 6.09 Å². The van der Waals surface area contributed by atoms with Crippen molar-refractivity contribution in [1.29, 1.82) is 0 Å². The zero-order valence-electron chi connectivity index (χ0n) is 16.0. The Morgan fingerprint density at radius 2 is 1.65 bits per heavy atom. The topological polar surface area (TPSA) is 67.0 Å². The summed E-state index contributed by atoms with van der Waals surface area (Å²) in [6.07, 6.45) is -0.622. The summed E-state index contributed by atoms with van der Waals surface area (Å²) < 4.78 is 5.44. The molecule has 0 atom stereocenters. The smallest absolute Gasteiger partial charge is 0.410 e. The summed E-state index contributed by atoms with van der Waals surface area (Å²) in [5, 5.41) is 5.70. The second kappa shape index (κ2) is 7.95. The minimum Gasteiger partial charge on any atom is -0.410 e. The number of hydrogen-bond donors (Lipinski definition) is 2. The Morgan fingerprint density at radius 1 is 0.871 bits per heavy atom. The summed E-state index contributed by atoms with van der Waals surface area (Å²) in [4.78, 5) is 20.1. The maximum Gasteiger partial charge on any atom is 0.418 e. The molecule has 2 aromatic heterocycles. The molecule has 152 valence electrons. The highest BCUT2D eigenvalue weighted by atomic mass is 35.5. The maximum absolute atomic E-state index is 12.4. The fourth-order valence-corrected chi connectivity index (χ4v) is 4.03. The Balaban J connectivity index is 1.37. The first-order chi connectivity index (χ1) is 15.1. The molecular formula is C24H15Cl2N3O2. The number of H-pyrrole nitrogens is 1. The SMILES string of the molecule is O=C(Nc1ccc2ccccc2n1)Oc1ccc2cc(-c3c(Cl)cccc3Cl)[nH]c2c1. The van der Waals surface area contributed by atoms with Gasteiger partial charge in [0.15, 0.2) is 0 Å². The molecule has 5 aromatic rings. The van der Waals surface area contributed by atoms with E-state index < -0.39 is 6.09 Å². The molecule has 0 radical (unpaired) electrons. The Kier molecular flexibility index (Phi) is 4.98. The molecule has 0 saturated heterocycles. The molecule has 0 fully saturated rings. The van der Waals surface area contributed by atoms with Crippen molar-refractivity contribution in [3.8, 4) is 17.0 Å². The number of anilines is 1. The number of rotatable bonds is 3. The molecule has 0 aliphatic rings. The summed E-state index contributed by atoms with van der Waals surface area (Å²) in [6.45, 7) is 0. The Hall–Kier alpha value is -3.54. The zero-order valence-corrected chi connectivity index (χ0v) is 17.5. The van der Waals surface area contributed by atoms with E-state index in [2.05, 4.69) is 15.3 Å². The molecule has 31 heavy (non-hydrogen) atoms. The van der Waals surface area contributed by atoms with Gasteiger partial charge in [-0.05, 0) is 48.5 Å². The second-order valence-corrected chi connectivity index (χ2v) is 7.75. The lowest BCUT2D eigenvalue weighted by Gasteiger charge is -2.07. The van der Waals surface area contributed by atoms with Crippen LogP contribution in [0.4, 0.5) is 10.6 Å². The van der Waals surface area contributed by atoms with Gasteiger partial charge in [0.05, 0.1) is 15.6 Å². The van der Waals surface area contributed by atoms with E-state index in [9.17, 15) is 4.79 Å². The molecule has 0 unspecified atom stereocenters. The van der Waals surface area contributed by atoms with Gasteiger partial charge in [-0.3, -0.25) is 5.32 Å². The summed E-state index contributed by atoms with van der Waals surface area (Å²) in [6, 6.07) is 23.9. The molecule has 0 aliphatic heterocycles. The number of ether oxygens (including phenoxy) is 1. The molecule has 3 aromatic carbocycles. The minimum atomic E-state index is -0.622. The Bertz CT molecular complexity index is 1430. The van der Waals surface area contributed by atoms with Gasteiger partial charge in [-0.2, -0.15) is 0 Å². The maximum atomic E-state index is 12.4. The van der Waals surface area contributed by atoms with Crippen molar-refractivity contribution >= 4 is 56.9 Å². The van der Waals surface area contributed by atoms with Crippen molar-refractivity contribution < 1.29 is 9.53 Å². The van der Waals surface area contributed by atoms with Gasteiger partial charge in [-0.15, -0.1) is 0 Å². The number of halogens is 2. The van der Waals surface area contributed by atoms with Crippen molar-refractivity contribution in [2.75, 3.05) is 5.32 Å². The molecule has 5 nitrogen and oxygen atoms in total. The van der Waals surface area contributed by atoms with Crippen LogP contribution < -0.4 is 10.1 Å². The first-order valence-corrected chi connectivity index (χ1v) is 10.2. The van der Waals surface area contributed by atoms with Crippen LogP contribution in [-0.4, -0.2) is 16.1 Å². The van der Waals surface area contributed by atoms with Crippen LogP contribution in [0.25, 0.3) is 33.1 Å². The molecular weight excluding hydrogens is 433 g/mol. The lowest BCUT2D eigenvalue weighted by molar-refractivity contribution is 0.215. The molecule has 5 rings (SSSR count). The quantitative estimate of drug-likeness (QED) is 0.304. The van der Waals surface area contributed by atoms with Crippen molar-refractivity contribution in [2.45, 2.75) is 0 Å². The molecule has 0 spiro atoms. The number of nitrogens with zero attached hydrogens (tertiary/aromatic N) is 1. The number of benzene rings is 3. The molecule has 0 aliphatic carbocycles. The highest BCUT2D eigenvalue weighted by molar-refractivity contribution is 6.39. The normalized spacial score (nSPS) is 11.0. The number of carbonyl (C=O) groups is 1. The number of nitrogens with one attached hydrogen (secondary N) is 2. The Morgan fingerprint density at radius 3 is 2.48 bits per heavy atom. The monoisotopic (exact) mass is 447 g/mol. The predicted molar refractivity (Wildman–Crippen MR) is 125 cm³/mol. The molecule has 2 N–H and O–H groups in total. The zero-order chi connectivity index (χ0) is 21.4. The Labute approximate surface area is 187 Å². The molecule has 2 heterocycles. The first-order valence-electron chi connectivity index (χ1n) is 9.48. The average Bonchev–Trinajstić information content (AvgIpc) is 3.16. The average molecular weight is 448 g/mol. The van der Waals surface area contributed by atoms with Gasteiger partial charge in [0.2, 0.25) is 0 Å². The highest BCUT2D eigenvalue weighted by Crippen LogP contribution is 2.36. The largest absolute Gasteiger partial charge is 0.418 e. The van der Waals surface area contributed by atoms with E-state index in [1.54, 1.807) is 36.4 Å². The first kappa shape index (κ1) is 19.4. The van der Waals surface area contributed by atoms with E-state index in [0.29, 0.717) is 21.6 Å². The number of fused-ring (bicyclic) bond motifs is 2. The highest BCUT2D eigenvalue weighted by Gasteiger charge is 2.13. The van der Waals surface area contributed by atoms with Crippen molar-refractivity contribution in [3.05, 3.63) is 88.9 Å². The van der Waals surface area contributed by atoms with Gasteiger partial charge in [0.25, 0.3) is 0 Å². The van der Waals surface area contributed by atoms with Crippen LogP contribution in [0.5, 0.6) is 5.75 Å². The molecule has 0 bridgehead atoms. The van der Waals surface area contributed by atoms with Crippen molar-refractivity contribution in [3.63, 3.8) is 0 Å². The second-order valence-electron chi connectivity index (χ2n) is 6.93. The van der Waals surface area contributed by atoms with Crippen molar-refractivity contribution in [1.82, 2.24) is 9.97 Å². The van der Waals surface area contributed by atoms with E-state index >= 15 is 0 Å². The van der Waals surface area contributed by atoms with Gasteiger partial charge in [-0.25, -0.2) is 9.78 Å². The number of hydrogen-bond acceptors (Lipinski definition) is 3. The van der Waals surface area contributed by atoms with Crippen LogP contribution in [0.2, 0.25) is 10.0 Å². The third kappa shape index (κ3) is 3.93. The van der Waals surface area contributed by atoms with Crippen LogP contribution in [0, 0.1) is 0 Å². The van der Waals surface area contributed by atoms with E-state index in [0.717, 1.165) is 33.1 Å².